The first-order chi connectivity index (χ1) is 13.1. The predicted octanol–water partition coefficient (Wildman–Crippen LogP) is 3.28. The van der Waals surface area contributed by atoms with Gasteiger partial charge in [-0.25, -0.2) is 0 Å². The zero-order chi connectivity index (χ0) is 19.0. The van der Waals surface area contributed by atoms with Crippen molar-refractivity contribution in [3.8, 4) is 0 Å². The summed E-state index contributed by atoms with van der Waals surface area (Å²) in [5.74, 6) is 0.406. The van der Waals surface area contributed by atoms with Gasteiger partial charge in [-0.3, -0.25) is 9.59 Å². The Morgan fingerprint density at radius 2 is 1.93 bits per heavy atom. The second-order valence-corrected chi connectivity index (χ2v) is 7.63. The molecule has 1 aromatic carbocycles. The molecule has 3 aliphatic rings. The van der Waals surface area contributed by atoms with Crippen molar-refractivity contribution in [1.29, 1.82) is 0 Å². The van der Waals surface area contributed by atoms with Gasteiger partial charge in [0.25, 0.3) is 11.8 Å². The van der Waals surface area contributed by atoms with Gasteiger partial charge in [0, 0.05) is 24.9 Å². The van der Waals surface area contributed by atoms with Gasteiger partial charge in [0.1, 0.15) is 11.9 Å². The Hall–Kier alpha value is -2.50. The average molecular weight is 368 g/mol. The largest absolute Gasteiger partial charge is 0.369 e. The molecule has 2 N–H and O–H groups in total. The normalized spacial score (nSPS) is 21.4. The van der Waals surface area contributed by atoms with E-state index in [1.807, 2.05) is 23.1 Å². The molecule has 0 aromatic heterocycles. The van der Waals surface area contributed by atoms with Gasteiger partial charge in [-0.15, -0.1) is 0 Å². The molecule has 1 aromatic rings. The summed E-state index contributed by atoms with van der Waals surface area (Å²) >= 11 is 0. The SMILES string of the molecule is CCC(CC)C1NC=C2C(=O)Nc3ccc(C(=O)N4CCCCC4)cc3N21. The molecule has 0 radical (unpaired) electrons. The first-order valence-corrected chi connectivity index (χ1v) is 10.1. The number of fused-ring (bicyclic) bond motifs is 3. The summed E-state index contributed by atoms with van der Waals surface area (Å²) in [5.41, 5.74) is 3.00. The zero-order valence-electron chi connectivity index (χ0n) is 16.1. The van der Waals surface area contributed by atoms with Crippen LogP contribution in [0.5, 0.6) is 0 Å². The second kappa shape index (κ2) is 7.25. The molecule has 0 bridgehead atoms. The van der Waals surface area contributed by atoms with Crippen molar-refractivity contribution in [2.45, 2.75) is 52.1 Å². The third kappa shape index (κ3) is 3.07. The molecule has 1 saturated heterocycles. The first kappa shape index (κ1) is 17.9. The number of carbonyl (C=O) groups excluding carboxylic acids is 2. The number of hydrogen-bond acceptors (Lipinski definition) is 4. The van der Waals surface area contributed by atoms with Crippen LogP contribution in [0.4, 0.5) is 11.4 Å². The lowest BCUT2D eigenvalue weighted by Gasteiger charge is -2.37. The molecule has 0 aliphatic carbocycles. The Labute approximate surface area is 160 Å². The summed E-state index contributed by atoms with van der Waals surface area (Å²) in [6.45, 7) is 6.02. The fraction of sp³-hybridized carbons (Fsp3) is 0.524. The molecule has 144 valence electrons. The minimum atomic E-state index is -0.0986. The average Bonchev–Trinajstić information content (AvgIpc) is 3.15. The zero-order valence-corrected chi connectivity index (χ0v) is 16.1. The molecule has 1 unspecified atom stereocenters. The van der Waals surface area contributed by atoms with Crippen molar-refractivity contribution in [2.75, 3.05) is 23.3 Å². The number of anilines is 2. The van der Waals surface area contributed by atoms with E-state index in [-0.39, 0.29) is 18.0 Å². The number of likely N-dealkylation sites (tertiary alicyclic amines) is 1. The van der Waals surface area contributed by atoms with E-state index in [1.165, 1.54) is 6.42 Å². The van der Waals surface area contributed by atoms with E-state index in [2.05, 4.69) is 29.4 Å². The van der Waals surface area contributed by atoms with Crippen LogP contribution in [0.3, 0.4) is 0 Å². The smallest absolute Gasteiger partial charge is 0.273 e. The van der Waals surface area contributed by atoms with Gasteiger partial charge in [-0.05, 0) is 56.2 Å². The fourth-order valence-corrected chi connectivity index (χ4v) is 4.43. The van der Waals surface area contributed by atoms with Crippen molar-refractivity contribution < 1.29 is 9.59 Å². The Morgan fingerprint density at radius 3 is 2.63 bits per heavy atom. The Balaban J connectivity index is 1.69. The van der Waals surface area contributed by atoms with Gasteiger partial charge in [0.05, 0.1) is 11.4 Å². The Kier molecular flexibility index (Phi) is 4.81. The van der Waals surface area contributed by atoms with Gasteiger partial charge >= 0.3 is 0 Å². The maximum atomic E-state index is 13.0. The quantitative estimate of drug-likeness (QED) is 0.856. The Bertz CT molecular complexity index is 778. The van der Waals surface area contributed by atoms with Crippen molar-refractivity contribution in [3.05, 3.63) is 35.7 Å². The Morgan fingerprint density at radius 1 is 1.19 bits per heavy atom. The van der Waals surface area contributed by atoms with Crippen LogP contribution in [-0.4, -0.2) is 36.0 Å². The van der Waals surface area contributed by atoms with Crippen LogP contribution < -0.4 is 15.5 Å². The molecule has 6 nitrogen and oxygen atoms in total. The molecule has 1 fully saturated rings. The second-order valence-electron chi connectivity index (χ2n) is 7.63. The van der Waals surface area contributed by atoms with Crippen LogP contribution in [0, 0.1) is 5.92 Å². The summed E-state index contributed by atoms with van der Waals surface area (Å²) in [5, 5.41) is 6.35. The molecular weight excluding hydrogens is 340 g/mol. The minimum Gasteiger partial charge on any atom is -0.369 e. The lowest BCUT2D eigenvalue weighted by molar-refractivity contribution is -0.113. The fourth-order valence-electron chi connectivity index (χ4n) is 4.43. The lowest BCUT2D eigenvalue weighted by Crippen LogP contribution is -2.46. The predicted molar refractivity (Wildman–Crippen MR) is 106 cm³/mol. The standard InChI is InChI=1S/C21H28N4O2/c1-3-14(4-2)19-22-13-18-20(26)23-16-9-8-15(12-17(16)25(18)19)21(27)24-10-6-5-7-11-24/h8-9,12-14,19,22H,3-7,10-11H2,1-2H3,(H,23,26). The highest BCUT2D eigenvalue weighted by molar-refractivity contribution is 6.13. The van der Waals surface area contributed by atoms with Crippen LogP contribution in [-0.2, 0) is 4.79 Å². The maximum absolute atomic E-state index is 13.0. The lowest BCUT2D eigenvalue weighted by atomic mass is 9.97. The van der Waals surface area contributed by atoms with Crippen LogP contribution in [0.1, 0.15) is 56.3 Å². The molecule has 3 aliphatic heterocycles. The number of benzene rings is 1. The number of hydrogen-bond donors (Lipinski definition) is 2. The molecular formula is C21H28N4O2. The number of carbonyl (C=O) groups is 2. The number of amides is 2. The van der Waals surface area contributed by atoms with Crippen LogP contribution in [0.25, 0.3) is 0 Å². The van der Waals surface area contributed by atoms with Crippen molar-refractivity contribution in [1.82, 2.24) is 10.2 Å². The van der Waals surface area contributed by atoms with Crippen molar-refractivity contribution >= 4 is 23.2 Å². The van der Waals surface area contributed by atoms with E-state index in [4.69, 9.17) is 0 Å². The van der Waals surface area contributed by atoms with Gasteiger partial charge in [-0.1, -0.05) is 13.8 Å². The molecule has 0 spiro atoms. The van der Waals surface area contributed by atoms with Crippen molar-refractivity contribution in [3.63, 3.8) is 0 Å². The number of piperidine rings is 1. The molecule has 0 saturated carbocycles. The number of nitrogens with zero attached hydrogens (tertiary/aromatic N) is 2. The van der Waals surface area contributed by atoms with Crippen LogP contribution in [0.2, 0.25) is 0 Å². The van der Waals surface area contributed by atoms with Gasteiger partial charge in [0.2, 0.25) is 0 Å². The summed E-state index contributed by atoms with van der Waals surface area (Å²) in [7, 11) is 0. The summed E-state index contributed by atoms with van der Waals surface area (Å²) < 4.78 is 0. The summed E-state index contributed by atoms with van der Waals surface area (Å²) in [6, 6.07) is 5.64. The molecule has 6 heteroatoms. The highest BCUT2D eigenvalue weighted by atomic mass is 16.2. The van der Waals surface area contributed by atoms with Gasteiger partial charge in [-0.2, -0.15) is 0 Å². The van der Waals surface area contributed by atoms with Crippen molar-refractivity contribution in [2.24, 2.45) is 5.92 Å². The maximum Gasteiger partial charge on any atom is 0.273 e. The van der Waals surface area contributed by atoms with Gasteiger partial charge in [0.15, 0.2) is 0 Å². The van der Waals surface area contributed by atoms with E-state index in [0.29, 0.717) is 17.2 Å². The molecule has 4 rings (SSSR count). The highest BCUT2D eigenvalue weighted by Crippen LogP contribution is 2.40. The third-order valence-corrected chi connectivity index (χ3v) is 6.05. The molecule has 27 heavy (non-hydrogen) atoms. The van der Waals surface area contributed by atoms with E-state index >= 15 is 0 Å². The molecule has 1 atom stereocenters. The number of rotatable bonds is 4. The van der Waals surface area contributed by atoms with Crippen LogP contribution in [0.15, 0.2) is 30.1 Å². The van der Waals surface area contributed by atoms with E-state index in [0.717, 1.165) is 50.1 Å². The monoisotopic (exact) mass is 368 g/mol. The summed E-state index contributed by atoms with van der Waals surface area (Å²) in [4.78, 5) is 29.5. The molecule has 3 heterocycles. The third-order valence-electron chi connectivity index (χ3n) is 6.05. The minimum absolute atomic E-state index is 0.0418. The molecule has 2 amide bonds. The topological polar surface area (TPSA) is 64.7 Å². The van der Waals surface area contributed by atoms with E-state index < -0.39 is 0 Å². The number of nitrogens with one attached hydrogen (secondary N) is 2. The van der Waals surface area contributed by atoms with Gasteiger partial charge < -0.3 is 20.4 Å². The summed E-state index contributed by atoms with van der Waals surface area (Å²) in [6.07, 6.45) is 7.24. The first-order valence-electron chi connectivity index (χ1n) is 10.1. The highest BCUT2D eigenvalue weighted by Gasteiger charge is 2.39. The van der Waals surface area contributed by atoms with E-state index in [9.17, 15) is 9.59 Å². The van der Waals surface area contributed by atoms with E-state index in [1.54, 1.807) is 6.20 Å². The van der Waals surface area contributed by atoms with Crippen LogP contribution >= 0.6 is 0 Å².